The first-order valence-corrected chi connectivity index (χ1v) is 17.1. The lowest BCUT2D eigenvalue weighted by atomic mass is 10.0. The van der Waals surface area contributed by atoms with Crippen molar-refractivity contribution >= 4 is 40.6 Å². The summed E-state index contributed by atoms with van der Waals surface area (Å²) < 4.78 is 45.4. The number of amides is 4. The molecule has 0 spiro atoms. The van der Waals surface area contributed by atoms with Crippen molar-refractivity contribution in [3.05, 3.63) is 113 Å². The third-order valence-electron chi connectivity index (χ3n) is 9.01. The maximum Gasteiger partial charge on any atom is 0.416 e. The van der Waals surface area contributed by atoms with Crippen LogP contribution in [0.3, 0.4) is 0 Å². The Morgan fingerprint density at radius 1 is 0.981 bits per heavy atom. The van der Waals surface area contributed by atoms with Crippen LogP contribution < -0.4 is 26.4 Å². The molecule has 4 aromatic rings. The first kappa shape index (κ1) is 38.6. The summed E-state index contributed by atoms with van der Waals surface area (Å²) in [5.74, 6) is -0.179. The minimum atomic E-state index is -4.50. The first-order chi connectivity index (χ1) is 25.2. The number of aliphatic hydroxyl groups is 1. The van der Waals surface area contributed by atoms with Crippen molar-refractivity contribution in [2.45, 2.75) is 45.1 Å². The Labute approximate surface area is 305 Å². The van der Waals surface area contributed by atoms with E-state index in [0.29, 0.717) is 53.6 Å². The van der Waals surface area contributed by atoms with E-state index in [4.69, 9.17) is 10.5 Å². The molecule has 280 valence electrons. The van der Waals surface area contributed by atoms with Crippen molar-refractivity contribution in [3.8, 4) is 5.75 Å². The van der Waals surface area contributed by atoms with E-state index in [2.05, 4.69) is 20.9 Å². The van der Waals surface area contributed by atoms with Crippen molar-refractivity contribution < 1.29 is 37.4 Å². The lowest BCUT2D eigenvalue weighted by Gasteiger charge is -2.34. The molecule has 0 radical (unpaired) electrons. The van der Waals surface area contributed by atoms with Crippen molar-refractivity contribution in [1.82, 2.24) is 9.80 Å². The van der Waals surface area contributed by atoms with E-state index in [0.717, 1.165) is 29.8 Å². The summed E-state index contributed by atoms with van der Waals surface area (Å²) in [6.45, 7) is 4.88. The number of hydrogen-bond donors (Lipinski definition) is 5. The number of benzene rings is 4. The lowest BCUT2D eigenvalue weighted by Crippen LogP contribution is -2.47. The van der Waals surface area contributed by atoms with Gasteiger partial charge in [0, 0.05) is 48.1 Å². The number of rotatable bonds is 10. The molecule has 1 heterocycles. The number of urea groups is 1. The van der Waals surface area contributed by atoms with E-state index in [1.165, 1.54) is 0 Å². The van der Waals surface area contributed by atoms with Gasteiger partial charge in [-0.3, -0.25) is 14.5 Å². The predicted molar refractivity (Wildman–Crippen MR) is 198 cm³/mol. The van der Waals surface area contributed by atoms with Gasteiger partial charge in [0.25, 0.3) is 5.91 Å². The number of nitrogens with one attached hydrogen (secondary N) is 3. The number of nitrogen functional groups attached to an aromatic ring is 1. The van der Waals surface area contributed by atoms with Crippen LogP contribution in [0.25, 0.3) is 0 Å². The Morgan fingerprint density at radius 3 is 2.30 bits per heavy atom. The van der Waals surface area contributed by atoms with Gasteiger partial charge in [0.15, 0.2) is 0 Å². The maximum atomic E-state index is 13.6. The van der Waals surface area contributed by atoms with Crippen LogP contribution in [0.15, 0.2) is 91.0 Å². The summed E-state index contributed by atoms with van der Waals surface area (Å²) in [4.78, 5) is 42.9. The Morgan fingerprint density at radius 2 is 1.64 bits per heavy atom. The van der Waals surface area contributed by atoms with Crippen LogP contribution in [0.4, 0.5) is 40.7 Å². The minimum Gasteiger partial charge on any atom is -0.488 e. The van der Waals surface area contributed by atoms with Gasteiger partial charge in [0.1, 0.15) is 11.9 Å². The summed E-state index contributed by atoms with van der Waals surface area (Å²) in [5.41, 5.74) is 8.62. The number of likely N-dealkylation sites (N-methyl/N-ethyl adjacent to an activating group) is 1. The predicted octanol–water partition coefficient (Wildman–Crippen LogP) is 6.46. The average molecular weight is 733 g/mol. The summed E-state index contributed by atoms with van der Waals surface area (Å²) >= 11 is 0. The summed E-state index contributed by atoms with van der Waals surface area (Å²) in [5, 5.41) is 18.0. The van der Waals surface area contributed by atoms with Gasteiger partial charge in [0.2, 0.25) is 5.91 Å². The van der Waals surface area contributed by atoms with E-state index in [9.17, 15) is 32.7 Å². The molecule has 1 aliphatic heterocycles. The van der Waals surface area contributed by atoms with Gasteiger partial charge in [-0.2, -0.15) is 13.2 Å². The second-order valence-corrected chi connectivity index (χ2v) is 13.3. The molecule has 0 fully saturated rings. The largest absolute Gasteiger partial charge is 0.488 e. The van der Waals surface area contributed by atoms with Crippen molar-refractivity contribution in [1.29, 1.82) is 0 Å². The molecule has 4 aromatic carbocycles. The van der Waals surface area contributed by atoms with Crippen LogP contribution in [0.2, 0.25) is 0 Å². The molecule has 53 heavy (non-hydrogen) atoms. The normalized spacial score (nSPS) is 16.8. The SMILES string of the molecule is C[C@@H]1CN([C@@H](C)CO)C(=O)Cc2cc(NC(=O)Nc3ccc(C(F)(F)F)cc3)ccc2O[C@@H]1CN(C)Cc1ccc(C(=O)Nc2ccccc2N)cc1. The van der Waals surface area contributed by atoms with Crippen molar-refractivity contribution in [3.63, 3.8) is 0 Å². The zero-order chi connectivity index (χ0) is 38.3. The monoisotopic (exact) mass is 732 g/mol. The molecule has 0 saturated heterocycles. The van der Waals surface area contributed by atoms with Gasteiger partial charge in [0.05, 0.1) is 36.0 Å². The molecule has 0 aromatic heterocycles. The third kappa shape index (κ3) is 10.3. The number of carbonyl (C=O) groups excluding carboxylic acids is 3. The van der Waals surface area contributed by atoms with Gasteiger partial charge in [-0.05, 0) is 86.3 Å². The number of ether oxygens (including phenoxy) is 1. The average Bonchev–Trinajstić information content (AvgIpc) is 3.16. The van der Waals surface area contributed by atoms with E-state index in [-0.39, 0.29) is 42.6 Å². The van der Waals surface area contributed by atoms with Crippen molar-refractivity contribution in [2.75, 3.05) is 48.4 Å². The van der Waals surface area contributed by atoms with Gasteiger partial charge < -0.3 is 36.4 Å². The molecule has 3 atom stereocenters. The molecule has 1 aliphatic rings. The molecule has 0 bridgehead atoms. The topological polar surface area (TPSA) is 149 Å². The standard InChI is InChI=1S/C39H43F3N6O5/c1-24-20-48(25(2)23-49)36(50)19-28-18-31(45-38(52)44-30-14-12-29(13-15-30)39(40,41)42)16-17-34(28)53-35(24)22-47(3)21-26-8-10-27(11-9-26)37(51)46-33-7-5-4-6-32(33)43/h4-18,24-25,35,49H,19-23,43H2,1-3H3,(H,46,51)(H2,44,45,52)/t24-,25+,35-/m1/s1. The second kappa shape index (κ2) is 16.8. The lowest BCUT2D eigenvalue weighted by molar-refractivity contribution is -0.137. The molecule has 0 saturated carbocycles. The molecule has 0 aliphatic carbocycles. The molecule has 4 amide bonds. The highest BCUT2D eigenvalue weighted by Crippen LogP contribution is 2.31. The molecule has 6 N–H and O–H groups in total. The fraction of sp³-hybridized carbons (Fsp3) is 0.308. The fourth-order valence-electron chi connectivity index (χ4n) is 6.01. The number of nitrogens with two attached hydrogens (primary N) is 1. The van der Waals surface area contributed by atoms with Crippen LogP contribution in [-0.2, 0) is 23.9 Å². The fourth-order valence-corrected chi connectivity index (χ4v) is 6.01. The van der Waals surface area contributed by atoms with E-state index >= 15 is 0 Å². The number of halogens is 3. The van der Waals surface area contributed by atoms with Crippen LogP contribution in [0.5, 0.6) is 5.75 Å². The summed E-state index contributed by atoms with van der Waals surface area (Å²) in [6.07, 6.45) is -4.94. The van der Waals surface area contributed by atoms with E-state index in [1.54, 1.807) is 66.4 Å². The Hall–Kier alpha value is -5.60. The van der Waals surface area contributed by atoms with Crippen LogP contribution >= 0.6 is 0 Å². The maximum absolute atomic E-state index is 13.6. The van der Waals surface area contributed by atoms with Crippen molar-refractivity contribution in [2.24, 2.45) is 5.92 Å². The van der Waals surface area contributed by atoms with E-state index in [1.807, 2.05) is 26.1 Å². The number of alkyl halides is 3. The number of nitrogens with zero attached hydrogens (tertiary/aromatic N) is 2. The van der Waals surface area contributed by atoms with Gasteiger partial charge in [-0.1, -0.05) is 31.2 Å². The number of anilines is 4. The second-order valence-electron chi connectivity index (χ2n) is 13.3. The van der Waals surface area contributed by atoms with Crippen LogP contribution in [0, 0.1) is 5.92 Å². The minimum absolute atomic E-state index is 0.0538. The Kier molecular flexibility index (Phi) is 12.3. The zero-order valence-electron chi connectivity index (χ0n) is 29.6. The number of para-hydroxylation sites is 2. The highest BCUT2D eigenvalue weighted by Gasteiger charge is 2.32. The van der Waals surface area contributed by atoms with Gasteiger partial charge in [-0.15, -0.1) is 0 Å². The van der Waals surface area contributed by atoms with Gasteiger partial charge in [-0.25, -0.2) is 4.79 Å². The number of aliphatic hydroxyl groups excluding tert-OH is 1. The highest BCUT2D eigenvalue weighted by molar-refractivity contribution is 6.05. The summed E-state index contributed by atoms with van der Waals surface area (Å²) in [7, 11) is 1.95. The molecule has 5 rings (SSSR count). The Bertz CT molecular complexity index is 1910. The number of hydrogen-bond acceptors (Lipinski definition) is 7. The third-order valence-corrected chi connectivity index (χ3v) is 9.01. The van der Waals surface area contributed by atoms with Gasteiger partial charge >= 0.3 is 12.2 Å². The smallest absolute Gasteiger partial charge is 0.416 e. The molecule has 14 heteroatoms. The van der Waals surface area contributed by atoms with E-state index < -0.39 is 23.8 Å². The quantitative estimate of drug-likeness (QED) is 0.118. The van der Waals surface area contributed by atoms with Crippen LogP contribution in [0.1, 0.15) is 40.9 Å². The Balaban J connectivity index is 1.28. The molecule has 11 nitrogen and oxygen atoms in total. The molecular formula is C39H43F3N6O5. The number of fused-ring (bicyclic) bond motifs is 1. The summed E-state index contributed by atoms with van der Waals surface area (Å²) in [6, 6.07) is 22.2. The first-order valence-electron chi connectivity index (χ1n) is 17.1. The van der Waals surface area contributed by atoms with Crippen LogP contribution in [-0.4, -0.2) is 71.6 Å². The zero-order valence-corrected chi connectivity index (χ0v) is 29.6. The molecule has 0 unspecified atom stereocenters. The highest BCUT2D eigenvalue weighted by atomic mass is 19.4. The molecular weight excluding hydrogens is 689 g/mol. The number of carbonyl (C=O) groups is 3.